The second kappa shape index (κ2) is 7.07. The van der Waals surface area contributed by atoms with Crippen molar-refractivity contribution >= 4 is 5.97 Å². The van der Waals surface area contributed by atoms with Crippen molar-refractivity contribution in [3.8, 4) is 0 Å². The lowest BCUT2D eigenvalue weighted by Gasteiger charge is -2.22. The van der Waals surface area contributed by atoms with E-state index in [1.165, 1.54) is 5.56 Å². The minimum atomic E-state index is -0.729. The SMILES string of the molecule is CC(C)C(NCCCC(=O)O)c1ccccc1. The van der Waals surface area contributed by atoms with Crippen LogP contribution >= 0.6 is 0 Å². The summed E-state index contributed by atoms with van der Waals surface area (Å²) in [5.41, 5.74) is 1.26. The van der Waals surface area contributed by atoms with Gasteiger partial charge >= 0.3 is 5.97 Å². The lowest BCUT2D eigenvalue weighted by Crippen LogP contribution is -2.27. The Balaban J connectivity index is 2.48. The van der Waals surface area contributed by atoms with E-state index in [1.54, 1.807) is 0 Å². The monoisotopic (exact) mass is 235 g/mol. The van der Waals surface area contributed by atoms with Crippen LogP contribution < -0.4 is 5.32 Å². The van der Waals surface area contributed by atoms with Crippen LogP contribution in [-0.4, -0.2) is 17.6 Å². The van der Waals surface area contributed by atoms with Crippen molar-refractivity contribution in [1.82, 2.24) is 5.32 Å². The molecule has 3 nitrogen and oxygen atoms in total. The Morgan fingerprint density at radius 1 is 1.29 bits per heavy atom. The number of rotatable bonds is 7. The maximum Gasteiger partial charge on any atom is 0.303 e. The highest BCUT2D eigenvalue weighted by molar-refractivity contribution is 5.66. The van der Waals surface area contributed by atoms with Gasteiger partial charge in [0.15, 0.2) is 0 Å². The first kappa shape index (κ1) is 13.7. The maximum absolute atomic E-state index is 10.4. The van der Waals surface area contributed by atoms with Gasteiger partial charge in [0, 0.05) is 12.5 Å². The highest BCUT2D eigenvalue weighted by atomic mass is 16.4. The summed E-state index contributed by atoms with van der Waals surface area (Å²) in [4.78, 5) is 10.4. The van der Waals surface area contributed by atoms with Crippen LogP contribution in [0.1, 0.15) is 38.3 Å². The van der Waals surface area contributed by atoms with Gasteiger partial charge in [0.05, 0.1) is 0 Å². The van der Waals surface area contributed by atoms with E-state index in [2.05, 4.69) is 31.3 Å². The third-order valence-electron chi connectivity index (χ3n) is 2.76. The van der Waals surface area contributed by atoms with Gasteiger partial charge in [0.25, 0.3) is 0 Å². The van der Waals surface area contributed by atoms with E-state index in [4.69, 9.17) is 5.11 Å². The maximum atomic E-state index is 10.4. The number of nitrogens with one attached hydrogen (secondary N) is 1. The summed E-state index contributed by atoms with van der Waals surface area (Å²) in [5, 5.41) is 12.0. The summed E-state index contributed by atoms with van der Waals surface area (Å²) in [6.45, 7) is 5.08. The van der Waals surface area contributed by atoms with Crippen molar-refractivity contribution in [1.29, 1.82) is 0 Å². The Hall–Kier alpha value is -1.35. The molecule has 1 unspecified atom stereocenters. The van der Waals surface area contributed by atoms with Crippen molar-refractivity contribution in [3.05, 3.63) is 35.9 Å². The van der Waals surface area contributed by atoms with Crippen LogP contribution in [0.3, 0.4) is 0 Å². The summed E-state index contributed by atoms with van der Waals surface area (Å²) >= 11 is 0. The Bertz CT molecular complexity index is 335. The lowest BCUT2D eigenvalue weighted by molar-refractivity contribution is -0.137. The minimum Gasteiger partial charge on any atom is -0.481 e. The highest BCUT2D eigenvalue weighted by Crippen LogP contribution is 2.21. The topological polar surface area (TPSA) is 49.3 Å². The van der Waals surface area contributed by atoms with E-state index in [9.17, 15) is 4.79 Å². The molecule has 0 amide bonds. The number of benzene rings is 1. The van der Waals surface area contributed by atoms with Crippen LogP contribution in [0.15, 0.2) is 30.3 Å². The fourth-order valence-electron chi connectivity index (χ4n) is 1.90. The van der Waals surface area contributed by atoms with E-state index in [1.807, 2.05) is 18.2 Å². The molecule has 1 rings (SSSR count). The number of hydrogen-bond donors (Lipinski definition) is 2. The summed E-state index contributed by atoms with van der Waals surface area (Å²) in [7, 11) is 0. The van der Waals surface area contributed by atoms with Gasteiger partial charge in [-0.3, -0.25) is 4.79 Å². The molecule has 0 aliphatic heterocycles. The lowest BCUT2D eigenvalue weighted by atomic mass is 9.96. The molecule has 0 fully saturated rings. The molecule has 0 saturated carbocycles. The van der Waals surface area contributed by atoms with Gasteiger partial charge < -0.3 is 10.4 Å². The normalized spacial score (nSPS) is 12.6. The van der Waals surface area contributed by atoms with Crippen LogP contribution in [0, 0.1) is 5.92 Å². The summed E-state index contributed by atoms with van der Waals surface area (Å²) in [5.74, 6) is -0.241. The van der Waals surface area contributed by atoms with Gasteiger partial charge in [-0.2, -0.15) is 0 Å². The Labute approximate surface area is 103 Å². The molecule has 0 heterocycles. The predicted octanol–water partition coefficient (Wildman–Crippen LogP) is 2.84. The molecule has 0 aliphatic rings. The van der Waals surface area contributed by atoms with Gasteiger partial charge in [0.1, 0.15) is 0 Å². The molecule has 0 spiro atoms. The first-order chi connectivity index (χ1) is 8.11. The molecule has 1 atom stereocenters. The van der Waals surface area contributed by atoms with Crippen molar-refractivity contribution in [2.45, 2.75) is 32.7 Å². The van der Waals surface area contributed by atoms with Gasteiger partial charge in [-0.25, -0.2) is 0 Å². The van der Waals surface area contributed by atoms with Crippen LogP contribution in [0.4, 0.5) is 0 Å². The van der Waals surface area contributed by atoms with Crippen molar-refractivity contribution in [2.24, 2.45) is 5.92 Å². The molecule has 3 heteroatoms. The van der Waals surface area contributed by atoms with Gasteiger partial charge in [-0.1, -0.05) is 44.2 Å². The Morgan fingerprint density at radius 3 is 2.47 bits per heavy atom. The predicted molar refractivity (Wildman–Crippen MR) is 68.9 cm³/mol. The fourth-order valence-corrected chi connectivity index (χ4v) is 1.90. The van der Waals surface area contributed by atoms with Crippen LogP contribution in [0.5, 0.6) is 0 Å². The highest BCUT2D eigenvalue weighted by Gasteiger charge is 2.14. The Morgan fingerprint density at radius 2 is 1.94 bits per heavy atom. The first-order valence-electron chi connectivity index (χ1n) is 6.11. The number of aliphatic carboxylic acids is 1. The standard InChI is InChI=1S/C14H21NO2/c1-11(2)14(12-7-4-3-5-8-12)15-10-6-9-13(16)17/h3-5,7-8,11,14-15H,6,9-10H2,1-2H3,(H,16,17). The smallest absolute Gasteiger partial charge is 0.303 e. The van der Waals surface area contributed by atoms with Crippen LogP contribution in [0.2, 0.25) is 0 Å². The molecule has 0 aromatic heterocycles. The number of hydrogen-bond acceptors (Lipinski definition) is 2. The first-order valence-corrected chi connectivity index (χ1v) is 6.11. The molecule has 1 aromatic rings. The second-order valence-electron chi connectivity index (χ2n) is 4.58. The zero-order valence-electron chi connectivity index (χ0n) is 10.5. The van der Waals surface area contributed by atoms with E-state index in [0.29, 0.717) is 18.4 Å². The number of carbonyl (C=O) groups is 1. The molecular formula is C14H21NO2. The van der Waals surface area contributed by atoms with Crippen LogP contribution in [-0.2, 0) is 4.79 Å². The summed E-state index contributed by atoms with van der Waals surface area (Å²) in [6.07, 6.45) is 0.901. The third kappa shape index (κ3) is 5.00. The molecule has 1 aromatic carbocycles. The largest absolute Gasteiger partial charge is 0.481 e. The minimum absolute atomic E-state index is 0.229. The molecule has 0 radical (unpaired) electrons. The fraction of sp³-hybridized carbons (Fsp3) is 0.500. The molecule has 2 N–H and O–H groups in total. The molecule has 17 heavy (non-hydrogen) atoms. The van der Waals surface area contributed by atoms with Crippen molar-refractivity contribution in [3.63, 3.8) is 0 Å². The average molecular weight is 235 g/mol. The average Bonchev–Trinajstić information content (AvgIpc) is 2.29. The number of carboxylic acids is 1. The van der Waals surface area contributed by atoms with E-state index >= 15 is 0 Å². The quantitative estimate of drug-likeness (QED) is 0.714. The molecule has 0 bridgehead atoms. The zero-order valence-corrected chi connectivity index (χ0v) is 10.5. The molecule has 94 valence electrons. The molecule has 0 saturated heterocycles. The summed E-state index contributed by atoms with van der Waals surface area (Å²) < 4.78 is 0. The van der Waals surface area contributed by atoms with Crippen molar-refractivity contribution in [2.75, 3.05) is 6.54 Å². The van der Waals surface area contributed by atoms with Gasteiger partial charge in [-0.05, 0) is 24.4 Å². The Kier molecular flexibility index (Phi) is 5.70. The van der Waals surface area contributed by atoms with Gasteiger partial charge in [0.2, 0.25) is 0 Å². The summed E-state index contributed by atoms with van der Waals surface area (Å²) in [6, 6.07) is 10.6. The van der Waals surface area contributed by atoms with E-state index < -0.39 is 5.97 Å². The van der Waals surface area contributed by atoms with Gasteiger partial charge in [-0.15, -0.1) is 0 Å². The number of carboxylic acid groups (broad SMARTS) is 1. The van der Waals surface area contributed by atoms with Crippen LogP contribution in [0.25, 0.3) is 0 Å². The molecular weight excluding hydrogens is 214 g/mol. The zero-order chi connectivity index (χ0) is 12.7. The third-order valence-corrected chi connectivity index (χ3v) is 2.76. The van der Waals surface area contributed by atoms with E-state index in [0.717, 1.165) is 6.54 Å². The van der Waals surface area contributed by atoms with E-state index in [-0.39, 0.29) is 6.42 Å². The van der Waals surface area contributed by atoms with Crippen molar-refractivity contribution < 1.29 is 9.90 Å². The second-order valence-corrected chi connectivity index (χ2v) is 4.58. The molecule has 0 aliphatic carbocycles.